The van der Waals surface area contributed by atoms with E-state index in [0.29, 0.717) is 43.8 Å². The average Bonchev–Trinajstić information content (AvgIpc) is 2.39. The Morgan fingerprint density at radius 1 is 1.40 bits per heavy atom. The second-order valence-electron chi connectivity index (χ2n) is 5.75. The van der Waals surface area contributed by atoms with E-state index in [9.17, 15) is 0 Å². The lowest BCUT2D eigenvalue weighted by Crippen LogP contribution is -2.34. The molecule has 6 nitrogen and oxygen atoms in total. The molecule has 0 amide bonds. The van der Waals surface area contributed by atoms with Gasteiger partial charge in [-0.15, -0.1) is 0 Å². The fraction of sp³-hybridized carbons (Fsp3) is 0.643. The maximum absolute atomic E-state index is 5.88. The number of nitrogens with zero attached hydrogens (tertiary/aromatic N) is 1. The van der Waals surface area contributed by atoms with Crippen LogP contribution in [-0.4, -0.2) is 43.1 Å². The number of rotatable bonds is 4. The molecule has 0 saturated carbocycles. The summed E-state index contributed by atoms with van der Waals surface area (Å²) in [6, 6.07) is 3.61. The standard InChI is InChI=1S/C14H23N3O3/c1-14(2,3)20-13-11(15)4-5-12(17-13)16-8-10-9-18-6-7-19-10/h4-5,10H,6-9,15H2,1-3H3,(H,16,17). The normalized spacial score (nSPS) is 19.6. The molecule has 2 heterocycles. The van der Waals surface area contributed by atoms with Crippen molar-refractivity contribution in [2.24, 2.45) is 0 Å². The zero-order valence-corrected chi connectivity index (χ0v) is 12.3. The van der Waals surface area contributed by atoms with Crippen LogP contribution in [0, 0.1) is 0 Å². The summed E-state index contributed by atoms with van der Waals surface area (Å²) < 4.78 is 16.6. The van der Waals surface area contributed by atoms with Crippen LogP contribution in [0.15, 0.2) is 12.1 Å². The van der Waals surface area contributed by atoms with Gasteiger partial charge in [-0.25, -0.2) is 0 Å². The summed E-state index contributed by atoms with van der Waals surface area (Å²) in [5.74, 6) is 1.16. The number of hydrogen-bond donors (Lipinski definition) is 2. The molecule has 20 heavy (non-hydrogen) atoms. The lowest BCUT2D eigenvalue weighted by atomic mass is 10.2. The van der Waals surface area contributed by atoms with Gasteiger partial charge < -0.3 is 25.3 Å². The molecule has 1 aliphatic heterocycles. The fourth-order valence-electron chi connectivity index (χ4n) is 1.79. The minimum Gasteiger partial charge on any atom is -0.470 e. The molecule has 0 spiro atoms. The molecule has 1 aromatic rings. The smallest absolute Gasteiger partial charge is 0.239 e. The first-order valence-electron chi connectivity index (χ1n) is 6.83. The minimum atomic E-state index is -0.333. The van der Waals surface area contributed by atoms with Crippen molar-refractivity contribution in [3.63, 3.8) is 0 Å². The van der Waals surface area contributed by atoms with Crippen molar-refractivity contribution in [1.29, 1.82) is 0 Å². The van der Waals surface area contributed by atoms with E-state index in [1.54, 1.807) is 6.07 Å². The van der Waals surface area contributed by atoms with Crippen LogP contribution in [-0.2, 0) is 9.47 Å². The monoisotopic (exact) mass is 281 g/mol. The van der Waals surface area contributed by atoms with Gasteiger partial charge in [0.25, 0.3) is 0 Å². The van der Waals surface area contributed by atoms with Crippen molar-refractivity contribution in [3.05, 3.63) is 12.1 Å². The molecule has 112 valence electrons. The van der Waals surface area contributed by atoms with Gasteiger partial charge in [-0.2, -0.15) is 4.98 Å². The quantitative estimate of drug-likeness (QED) is 0.874. The zero-order chi connectivity index (χ0) is 14.6. The van der Waals surface area contributed by atoms with E-state index in [2.05, 4.69) is 10.3 Å². The molecular weight excluding hydrogens is 258 g/mol. The van der Waals surface area contributed by atoms with E-state index < -0.39 is 0 Å². The van der Waals surface area contributed by atoms with E-state index in [1.165, 1.54) is 0 Å². The van der Waals surface area contributed by atoms with Crippen molar-refractivity contribution in [2.75, 3.05) is 37.4 Å². The molecule has 2 rings (SSSR count). The molecule has 0 aliphatic carbocycles. The van der Waals surface area contributed by atoms with Crippen molar-refractivity contribution in [3.8, 4) is 5.88 Å². The highest BCUT2D eigenvalue weighted by molar-refractivity contribution is 5.53. The van der Waals surface area contributed by atoms with Gasteiger partial charge in [-0.05, 0) is 32.9 Å². The van der Waals surface area contributed by atoms with Crippen molar-refractivity contribution >= 4 is 11.5 Å². The lowest BCUT2D eigenvalue weighted by molar-refractivity contribution is -0.0819. The summed E-state index contributed by atoms with van der Waals surface area (Å²) in [5, 5.41) is 3.22. The summed E-state index contributed by atoms with van der Waals surface area (Å²) in [6.07, 6.45) is 0.0510. The molecule has 1 atom stereocenters. The Morgan fingerprint density at radius 3 is 2.85 bits per heavy atom. The molecular formula is C14H23N3O3. The van der Waals surface area contributed by atoms with Crippen LogP contribution < -0.4 is 15.8 Å². The van der Waals surface area contributed by atoms with Crippen LogP contribution in [0.3, 0.4) is 0 Å². The fourth-order valence-corrected chi connectivity index (χ4v) is 1.79. The van der Waals surface area contributed by atoms with Gasteiger partial charge in [0.1, 0.15) is 11.4 Å². The molecule has 1 fully saturated rings. The number of anilines is 2. The Balaban J connectivity index is 1.96. The van der Waals surface area contributed by atoms with E-state index in [4.69, 9.17) is 19.9 Å². The number of nitrogens with two attached hydrogens (primary N) is 1. The topological polar surface area (TPSA) is 78.6 Å². The number of nitrogen functional groups attached to an aromatic ring is 1. The molecule has 6 heteroatoms. The van der Waals surface area contributed by atoms with E-state index >= 15 is 0 Å². The molecule has 0 aromatic carbocycles. The molecule has 0 bridgehead atoms. The molecule has 1 aliphatic rings. The average molecular weight is 281 g/mol. The van der Waals surface area contributed by atoms with Crippen LogP contribution in [0.5, 0.6) is 5.88 Å². The number of aromatic nitrogens is 1. The van der Waals surface area contributed by atoms with Gasteiger partial charge in [-0.1, -0.05) is 0 Å². The maximum atomic E-state index is 5.88. The number of nitrogens with one attached hydrogen (secondary N) is 1. The third kappa shape index (κ3) is 4.54. The predicted molar refractivity (Wildman–Crippen MR) is 78.1 cm³/mol. The highest BCUT2D eigenvalue weighted by atomic mass is 16.6. The van der Waals surface area contributed by atoms with Gasteiger partial charge in [0.05, 0.1) is 31.6 Å². The van der Waals surface area contributed by atoms with Crippen LogP contribution >= 0.6 is 0 Å². The van der Waals surface area contributed by atoms with E-state index in [0.717, 1.165) is 0 Å². The van der Waals surface area contributed by atoms with Crippen molar-refractivity contribution < 1.29 is 14.2 Å². The van der Waals surface area contributed by atoms with Crippen LogP contribution in [0.1, 0.15) is 20.8 Å². The summed E-state index contributed by atoms with van der Waals surface area (Å²) in [6.45, 7) is 8.43. The summed E-state index contributed by atoms with van der Waals surface area (Å²) in [4.78, 5) is 4.39. The second-order valence-corrected chi connectivity index (χ2v) is 5.75. The summed E-state index contributed by atoms with van der Waals surface area (Å²) >= 11 is 0. The molecule has 1 aromatic heterocycles. The Kier molecular flexibility index (Phi) is 4.67. The first-order chi connectivity index (χ1) is 9.44. The zero-order valence-electron chi connectivity index (χ0n) is 12.3. The van der Waals surface area contributed by atoms with Crippen LogP contribution in [0.4, 0.5) is 11.5 Å². The minimum absolute atomic E-state index is 0.0510. The number of hydrogen-bond acceptors (Lipinski definition) is 6. The number of pyridine rings is 1. The Hall–Kier alpha value is -1.53. The SMILES string of the molecule is CC(C)(C)Oc1nc(NCC2COCCO2)ccc1N. The van der Waals surface area contributed by atoms with Gasteiger partial charge >= 0.3 is 0 Å². The first-order valence-corrected chi connectivity index (χ1v) is 6.83. The Bertz CT molecular complexity index is 440. The first kappa shape index (κ1) is 14.9. The van der Waals surface area contributed by atoms with E-state index in [1.807, 2.05) is 26.8 Å². The molecule has 1 unspecified atom stereocenters. The van der Waals surface area contributed by atoms with Gasteiger partial charge in [-0.3, -0.25) is 0 Å². The van der Waals surface area contributed by atoms with Crippen LogP contribution in [0.25, 0.3) is 0 Å². The largest absolute Gasteiger partial charge is 0.470 e. The summed E-state index contributed by atoms with van der Waals surface area (Å²) in [5.41, 5.74) is 6.07. The molecule has 0 radical (unpaired) electrons. The van der Waals surface area contributed by atoms with Gasteiger partial charge in [0.2, 0.25) is 5.88 Å². The molecule has 1 saturated heterocycles. The van der Waals surface area contributed by atoms with Gasteiger partial charge in [0, 0.05) is 6.54 Å². The third-order valence-corrected chi connectivity index (χ3v) is 2.69. The number of ether oxygens (including phenoxy) is 3. The van der Waals surface area contributed by atoms with Crippen LogP contribution in [0.2, 0.25) is 0 Å². The lowest BCUT2D eigenvalue weighted by Gasteiger charge is -2.24. The van der Waals surface area contributed by atoms with E-state index in [-0.39, 0.29) is 11.7 Å². The Morgan fingerprint density at radius 2 is 2.20 bits per heavy atom. The molecule has 3 N–H and O–H groups in total. The highest BCUT2D eigenvalue weighted by Crippen LogP contribution is 2.24. The highest BCUT2D eigenvalue weighted by Gasteiger charge is 2.17. The van der Waals surface area contributed by atoms with Gasteiger partial charge in [0.15, 0.2) is 0 Å². The third-order valence-electron chi connectivity index (χ3n) is 2.69. The Labute approximate surface area is 119 Å². The summed E-state index contributed by atoms with van der Waals surface area (Å²) in [7, 11) is 0. The predicted octanol–water partition coefficient (Wildman–Crippen LogP) is 1.67. The van der Waals surface area contributed by atoms with Crippen molar-refractivity contribution in [1.82, 2.24) is 4.98 Å². The second kappa shape index (κ2) is 6.28. The maximum Gasteiger partial charge on any atom is 0.239 e. The van der Waals surface area contributed by atoms with Crippen molar-refractivity contribution in [2.45, 2.75) is 32.5 Å².